The maximum absolute atomic E-state index is 9.49. The van der Waals surface area contributed by atoms with Gasteiger partial charge in [-0.25, -0.2) is 0 Å². The van der Waals surface area contributed by atoms with Crippen molar-refractivity contribution in [3.05, 3.63) is 47.5 Å². The van der Waals surface area contributed by atoms with Gasteiger partial charge in [-0.3, -0.25) is 4.68 Å². The number of aryl methyl sites for hydroxylation is 3. The number of hydrogen-bond donors (Lipinski definition) is 2. The van der Waals surface area contributed by atoms with E-state index in [1.54, 1.807) is 42.3 Å². The van der Waals surface area contributed by atoms with Gasteiger partial charge in [-0.2, -0.15) is 5.10 Å². The first-order chi connectivity index (χ1) is 11.0. The Morgan fingerprint density at radius 3 is 2.43 bits per heavy atom. The molecule has 2 heterocycles. The monoisotopic (exact) mass is 311 g/mol. The summed E-state index contributed by atoms with van der Waals surface area (Å²) in [4.78, 5) is 0. The molecule has 0 fully saturated rings. The Balaban J connectivity index is 2.33. The molecule has 0 saturated carbocycles. The molecule has 6 nitrogen and oxygen atoms in total. The molecule has 2 aromatic heterocycles. The number of aromatic nitrogens is 2. The molecular formula is C17H17N3O3. The summed E-state index contributed by atoms with van der Waals surface area (Å²) >= 11 is 0. The lowest BCUT2D eigenvalue weighted by Crippen LogP contribution is -1.98. The van der Waals surface area contributed by atoms with Crippen molar-refractivity contribution in [1.29, 1.82) is 0 Å². The molecule has 23 heavy (non-hydrogen) atoms. The van der Waals surface area contributed by atoms with Gasteiger partial charge in [-0.1, -0.05) is 5.16 Å². The summed E-state index contributed by atoms with van der Waals surface area (Å²) in [6, 6.07) is 6.82. The number of oxime groups is 1. The third kappa shape index (κ3) is 2.48. The summed E-state index contributed by atoms with van der Waals surface area (Å²) in [5.41, 5.74) is 4.99. The SMILES string of the molecule is Cc1coc(C)c1-c1c(-c2ccc(O)cc2)nn(C)c1/C=N/O. The van der Waals surface area contributed by atoms with Crippen molar-refractivity contribution in [2.45, 2.75) is 13.8 Å². The number of aromatic hydroxyl groups is 1. The zero-order chi connectivity index (χ0) is 16.6. The van der Waals surface area contributed by atoms with E-state index < -0.39 is 0 Å². The van der Waals surface area contributed by atoms with Crippen molar-refractivity contribution in [3.63, 3.8) is 0 Å². The molecule has 0 aliphatic carbocycles. The molecule has 0 atom stereocenters. The summed E-state index contributed by atoms with van der Waals surface area (Å²) in [5, 5.41) is 26.2. The van der Waals surface area contributed by atoms with Gasteiger partial charge >= 0.3 is 0 Å². The fourth-order valence-electron chi connectivity index (χ4n) is 2.75. The molecule has 3 aromatic rings. The minimum atomic E-state index is 0.194. The van der Waals surface area contributed by atoms with Crippen LogP contribution in [0.5, 0.6) is 5.75 Å². The molecule has 0 saturated heterocycles. The van der Waals surface area contributed by atoms with Crippen LogP contribution in [0.3, 0.4) is 0 Å². The van der Waals surface area contributed by atoms with Crippen LogP contribution in [-0.4, -0.2) is 26.3 Å². The lowest BCUT2D eigenvalue weighted by Gasteiger charge is -2.05. The van der Waals surface area contributed by atoms with Gasteiger partial charge in [0.05, 0.1) is 18.2 Å². The van der Waals surface area contributed by atoms with Crippen LogP contribution in [0.15, 0.2) is 40.1 Å². The van der Waals surface area contributed by atoms with Crippen LogP contribution in [0.2, 0.25) is 0 Å². The summed E-state index contributed by atoms with van der Waals surface area (Å²) in [6.45, 7) is 3.84. The van der Waals surface area contributed by atoms with Gasteiger partial charge in [-0.05, 0) is 43.7 Å². The van der Waals surface area contributed by atoms with Crippen LogP contribution in [0.25, 0.3) is 22.4 Å². The van der Waals surface area contributed by atoms with Crippen molar-refractivity contribution in [1.82, 2.24) is 9.78 Å². The molecule has 118 valence electrons. The average Bonchev–Trinajstić information content (AvgIpc) is 3.01. The Morgan fingerprint density at radius 1 is 1.17 bits per heavy atom. The second-order valence-corrected chi connectivity index (χ2v) is 5.37. The van der Waals surface area contributed by atoms with E-state index in [0.717, 1.165) is 33.7 Å². The molecule has 0 aliphatic heterocycles. The van der Waals surface area contributed by atoms with E-state index in [0.29, 0.717) is 5.69 Å². The van der Waals surface area contributed by atoms with E-state index >= 15 is 0 Å². The van der Waals surface area contributed by atoms with Crippen molar-refractivity contribution < 1.29 is 14.7 Å². The molecule has 0 bridgehead atoms. The van der Waals surface area contributed by atoms with Crippen molar-refractivity contribution in [2.75, 3.05) is 0 Å². The first-order valence-corrected chi connectivity index (χ1v) is 7.11. The molecule has 0 amide bonds. The topological polar surface area (TPSA) is 83.8 Å². The predicted molar refractivity (Wildman–Crippen MR) is 86.9 cm³/mol. The Morgan fingerprint density at radius 2 is 1.87 bits per heavy atom. The molecule has 3 rings (SSSR count). The second kappa shape index (κ2) is 5.64. The molecule has 2 N–H and O–H groups in total. The highest BCUT2D eigenvalue weighted by Gasteiger charge is 2.23. The Bertz CT molecular complexity index is 854. The molecule has 0 aliphatic rings. The van der Waals surface area contributed by atoms with Crippen molar-refractivity contribution in [2.24, 2.45) is 12.2 Å². The summed E-state index contributed by atoms with van der Waals surface area (Å²) < 4.78 is 7.17. The molecular weight excluding hydrogens is 294 g/mol. The van der Waals surface area contributed by atoms with Gasteiger partial charge in [0.2, 0.25) is 0 Å². The van der Waals surface area contributed by atoms with Gasteiger partial charge in [0.1, 0.15) is 17.2 Å². The first-order valence-electron chi connectivity index (χ1n) is 7.11. The van der Waals surface area contributed by atoms with E-state index in [1.807, 2.05) is 13.8 Å². The third-order valence-corrected chi connectivity index (χ3v) is 3.82. The Labute approximate surface area is 133 Å². The van der Waals surface area contributed by atoms with Gasteiger partial charge in [-0.15, -0.1) is 0 Å². The van der Waals surface area contributed by atoms with E-state index in [1.165, 1.54) is 6.21 Å². The number of hydrogen-bond acceptors (Lipinski definition) is 5. The number of furan rings is 1. The zero-order valence-corrected chi connectivity index (χ0v) is 13.1. The lowest BCUT2D eigenvalue weighted by atomic mass is 9.97. The van der Waals surface area contributed by atoms with Gasteiger partial charge in [0.15, 0.2) is 0 Å². The minimum absolute atomic E-state index is 0.194. The van der Waals surface area contributed by atoms with Crippen LogP contribution in [0.4, 0.5) is 0 Å². The van der Waals surface area contributed by atoms with Crippen molar-refractivity contribution in [3.8, 4) is 28.1 Å². The smallest absolute Gasteiger partial charge is 0.115 e. The number of rotatable bonds is 3. The normalized spacial score (nSPS) is 11.4. The number of benzene rings is 1. The fourth-order valence-corrected chi connectivity index (χ4v) is 2.75. The number of nitrogens with zero attached hydrogens (tertiary/aromatic N) is 3. The van der Waals surface area contributed by atoms with Crippen LogP contribution in [0, 0.1) is 13.8 Å². The summed E-state index contributed by atoms with van der Waals surface area (Å²) in [7, 11) is 1.79. The predicted octanol–water partition coefficient (Wildman–Crippen LogP) is 3.48. The van der Waals surface area contributed by atoms with Crippen molar-refractivity contribution >= 4 is 6.21 Å². The zero-order valence-electron chi connectivity index (χ0n) is 13.1. The summed E-state index contributed by atoms with van der Waals surface area (Å²) in [6.07, 6.45) is 3.05. The molecule has 0 spiro atoms. The molecule has 0 radical (unpaired) electrons. The van der Waals surface area contributed by atoms with Gasteiger partial charge < -0.3 is 14.7 Å². The largest absolute Gasteiger partial charge is 0.508 e. The van der Waals surface area contributed by atoms with Crippen LogP contribution in [-0.2, 0) is 7.05 Å². The van der Waals surface area contributed by atoms with Gasteiger partial charge in [0.25, 0.3) is 0 Å². The maximum atomic E-state index is 9.49. The average molecular weight is 311 g/mol. The van der Waals surface area contributed by atoms with E-state index in [4.69, 9.17) is 9.62 Å². The first kappa shape index (κ1) is 14.9. The summed E-state index contributed by atoms with van der Waals surface area (Å²) in [5.74, 6) is 0.960. The quantitative estimate of drug-likeness (QED) is 0.440. The molecule has 0 unspecified atom stereocenters. The van der Waals surface area contributed by atoms with E-state index in [9.17, 15) is 5.11 Å². The third-order valence-electron chi connectivity index (χ3n) is 3.82. The van der Waals surface area contributed by atoms with Gasteiger partial charge in [0, 0.05) is 23.7 Å². The van der Waals surface area contributed by atoms with Crippen LogP contribution >= 0.6 is 0 Å². The molecule has 1 aromatic carbocycles. The Kier molecular flexibility index (Phi) is 3.65. The number of phenols is 1. The lowest BCUT2D eigenvalue weighted by molar-refractivity contribution is 0.321. The van der Waals surface area contributed by atoms with Crippen LogP contribution < -0.4 is 0 Å². The number of phenolic OH excluding ortho intramolecular Hbond substituents is 1. The van der Waals surface area contributed by atoms with Crippen LogP contribution in [0.1, 0.15) is 17.0 Å². The minimum Gasteiger partial charge on any atom is -0.508 e. The highest BCUT2D eigenvalue weighted by molar-refractivity contribution is 5.96. The highest BCUT2D eigenvalue weighted by Crippen LogP contribution is 2.38. The highest BCUT2D eigenvalue weighted by atomic mass is 16.4. The van der Waals surface area contributed by atoms with E-state index in [-0.39, 0.29) is 5.75 Å². The van der Waals surface area contributed by atoms with E-state index in [2.05, 4.69) is 10.3 Å². The second-order valence-electron chi connectivity index (χ2n) is 5.37. The standard InChI is InChI=1S/C17H17N3O3/c1-10-9-23-11(2)15(10)16-14(8-18-22)20(3)19-17(16)12-4-6-13(21)7-5-12/h4-9,21-22H,1-3H3/b18-8+. The molecule has 6 heteroatoms. The fraction of sp³-hybridized carbons (Fsp3) is 0.176. The maximum Gasteiger partial charge on any atom is 0.115 e. The Hall–Kier alpha value is -3.02.